The van der Waals surface area contributed by atoms with Crippen LogP contribution in [0.25, 0.3) is 11.1 Å². The van der Waals surface area contributed by atoms with Crippen LogP contribution >= 0.6 is 0 Å². The summed E-state index contributed by atoms with van der Waals surface area (Å²) in [7, 11) is 1.43. The van der Waals surface area contributed by atoms with Crippen LogP contribution in [-0.4, -0.2) is 54.7 Å². The lowest BCUT2D eigenvalue weighted by Crippen LogP contribution is -2.38. The Morgan fingerprint density at radius 1 is 1.32 bits per heavy atom. The van der Waals surface area contributed by atoms with Crippen LogP contribution in [0.5, 0.6) is 11.5 Å². The molecule has 2 aromatic rings. The van der Waals surface area contributed by atoms with E-state index in [1.165, 1.54) is 18.1 Å². The Bertz CT molecular complexity index is 1130. The van der Waals surface area contributed by atoms with Gasteiger partial charge in [-0.05, 0) is 36.2 Å². The molecule has 1 atom stereocenters. The first kappa shape index (κ1) is 20.6. The summed E-state index contributed by atoms with van der Waals surface area (Å²) in [4.78, 5) is 19.6. The van der Waals surface area contributed by atoms with Gasteiger partial charge in [0.05, 0.1) is 36.0 Å². The van der Waals surface area contributed by atoms with Crippen molar-refractivity contribution in [2.24, 2.45) is 5.16 Å². The SMILES string of the molecule is CO/N=C1\C[C@@H](CO)N(C(=O)c2ccc(-c3ccc(F)c(C#N)c3C)c3c2OCO3)C1. The van der Waals surface area contributed by atoms with Gasteiger partial charge in [-0.25, -0.2) is 4.39 Å². The first-order valence-corrected chi connectivity index (χ1v) is 9.63. The number of oxime groups is 1. The number of carbonyl (C=O) groups excluding carboxylic acids is 1. The number of aliphatic hydroxyl groups is 1. The fourth-order valence-corrected chi connectivity index (χ4v) is 4.01. The molecule has 1 fully saturated rings. The summed E-state index contributed by atoms with van der Waals surface area (Å²) in [5.41, 5.74) is 2.58. The molecule has 0 aromatic heterocycles. The Morgan fingerprint density at radius 2 is 2.06 bits per heavy atom. The van der Waals surface area contributed by atoms with Crippen LogP contribution in [0.3, 0.4) is 0 Å². The summed E-state index contributed by atoms with van der Waals surface area (Å²) in [6.45, 7) is 1.61. The molecule has 160 valence electrons. The smallest absolute Gasteiger partial charge is 0.258 e. The van der Waals surface area contributed by atoms with Gasteiger partial charge in [0.15, 0.2) is 11.5 Å². The monoisotopic (exact) mass is 425 g/mol. The third kappa shape index (κ3) is 3.45. The minimum absolute atomic E-state index is 0.0434. The van der Waals surface area contributed by atoms with Gasteiger partial charge in [-0.15, -0.1) is 0 Å². The number of carbonyl (C=O) groups is 1. The first-order valence-electron chi connectivity index (χ1n) is 9.63. The van der Waals surface area contributed by atoms with E-state index < -0.39 is 11.9 Å². The maximum absolute atomic E-state index is 14.0. The molecule has 2 aliphatic rings. The highest BCUT2D eigenvalue weighted by molar-refractivity contribution is 6.03. The minimum atomic E-state index is -0.595. The number of nitrogens with zero attached hydrogens (tertiary/aromatic N) is 3. The predicted molar refractivity (Wildman–Crippen MR) is 108 cm³/mol. The molecule has 1 amide bonds. The molecule has 2 aromatic carbocycles. The van der Waals surface area contributed by atoms with Crippen molar-refractivity contribution in [1.82, 2.24) is 4.90 Å². The zero-order chi connectivity index (χ0) is 22.1. The van der Waals surface area contributed by atoms with Gasteiger partial charge >= 0.3 is 0 Å². The van der Waals surface area contributed by atoms with Crippen LogP contribution in [0.15, 0.2) is 29.4 Å². The number of halogens is 1. The molecular weight excluding hydrogens is 405 g/mol. The predicted octanol–water partition coefficient (Wildman–Crippen LogP) is 2.61. The van der Waals surface area contributed by atoms with Gasteiger partial charge in [0.1, 0.15) is 19.0 Å². The van der Waals surface area contributed by atoms with E-state index >= 15 is 0 Å². The number of amides is 1. The van der Waals surface area contributed by atoms with Crippen LogP contribution in [-0.2, 0) is 4.84 Å². The van der Waals surface area contributed by atoms with Gasteiger partial charge in [0.25, 0.3) is 5.91 Å². The number of fused-ring (bicyclic) bond motifs is 1. The van der Waals surface area contributed by atoms with Crippen LogP contribution < -0.4 is 9.47 Å². The Balaban J connectivity index is 1.75. The fourth-order valence-electron chi connectivity index (χ4n) is 4.01. The number of rotatable bonds is 4. The maximum atomic E-state index is 14.0. The molecule has 1 N–H and O–H groups in total. The van der Waals surface area contributed by atoms with E-state index in [0.717, 1.165) is 0 Å². The molecular formula is C22H20FN3O5. The summed E-state index contributed by atoms with van der Waals surface area (Å²) in [6, 6.07) is 7.56. The highest BCUT2D eigenvalue weighted by Gasteiger charge is 2.36. The molecule has 0 radical (unpaired) electrons. The molecule has 31 heavy (non-hydrogen) atoms. The first-order chi connectivity index (χ1) is 15.0. The van der Waals surface area contributed by atoms with Crippen molar-refractivity contribution in [2.45, 2.75) is 19.4 Å². The average molecular weight is 425 g/mol. The van der Waals surface area contributed by atoms with E-state index in [0.29, 0.717) is 34.6 Å². The zero-order valence-electron chi connectivity index (χ0n) is 17.0. The number of hydrogen-bond donors (Lipinski definition) is 1. The van der Waals surface area contributed by atoms with E-state index in [-0.39, 0.29) is 42.7 Å². The highest BCUT2D eigenvalue weighted by Crippen LogP contribution is 2.45. The molecule has 0 saturated carbocycles. The number of ether oxygens (including phenoxy) is 2. The van der Waals surface area contributed by atoms with Crippen molar-refractivity contribution in [2.75, 3.05) is 27.1 Å². The second-order valence-corrected chi connectivity index (χ2v) is 7.25. The van der Waals surface area contributed by atoms with Crippen molar-refractivity contribution in [3.8, 4) is 28.7 Å². The van der Waals surface area contributed by atoms with Crippen LogP contribution in [0.1, 0.15) is 27.9 Å². The average Bonchev–Trinajstić information content (AvgIpc) is 3.41. The van der Waals surface area contributed by atoms with E-state index in [9.17, 15) is 19.6 Å². The molecule has 0 aliphatic carbocycles. The van der Waals surface area contributed by atoms with Crippen LogP contribution in [0.2, 0.25) is 0 Å². The largest absolute Gasteiger partial charge is 0.453 e. The van der Waals surface area contributed by atoms with E-state index in [4.69, 9.17) is 14.3 Å². The van der Waals surface area contributed by atoms with E-state index in [2.05, 4.69) is 5.16 Å². The molecule has 1 saturated heterocycles. The van der Waals surface area contributed by atoms with E-state index in [1.54, 1.807) is 25.1 Å². The highest BCUT2D eigenvalue weighted by atomic mass is 19.1. The summed E-state index contributed by atoms with van der Waals surface area (Å²) in [5.74, 6) is -0.294. The minimum Gasteiger partial charge on any atom is -0.453 e. The molecule has 0 spiro atoms. The summed E-state index contributed by atoms with van der Waals surface area (Å²) < 4.78 is 25.2. The Morgan fingerprint density at radius 3 is 2.77 bits per heavy atom. The molecule has 8 nitrogen and oxygen atoms in total. The van der Waals surface area contributed by atoms with Gasteiger partial charge in [-0.1, -0.05) is 11.2 Å². The lowest BCUT2D eigenvalue weighted by atomic mass is 9.94. The second kappa shape index (κ2) is 8.24. The quantitative estimate of drug-likeness (QED) is 0.755. The van der Waals surface area contributed by atoms with Gasteiger partial charge in [0.2, 0.25) is 6.79 Å². The number of aliphatic hydroxyl groups excluding tert-OH is 1. The third-order valence-corrected chi connectivity index (χ3v) is 5.52. The number of benzene rings is 2. The fraction of sp³-hybridized carbons (Fsp3) is 0.318. The molecule has 9 heteroatoms. The number of likely N-dealkylation sites (tertiary alicyclic amines) is 1. The standard InChI is InChI=1S/C22H20FN3O5/c1-12-15(5-6-19(23)18(12)8-24)16-3-4-17(21-20(16)30-11-31-21)22(28)26-9-13(25-29-2)7-14(26)10-27/h3-6,14,27H,7,9-11H2,1-2H3/b25-13+/t14-/m0/s1. The Labute approximate surface area is 178 Å². The van der Waals surface area contributed by atoms with Crippen LogP contribution in [0, 0.1) is 24.1 Å². The number of nitriles is 1. The van der Waals surface area contributed by atoms with Gasteiger partial charge in [0, 0.05) is 12.0 Å². The molecule has 2 aliphatic heterocycles. The third-order valence-electron chi connectivity index (χ3n) is 5.52. The molecule has 0 unspecified atom stereocenters. The van der Waals surface area contributed by atoms with Crippen LogP contribution in [0.4, 0.5) is 4.39 Å². The molecule has 4 rings (SSSR count). The normalized spacial score (nSPS) is 18.4. The second-order valence-electron chi connectivity index (χ2n) is 7.25. The topological polar surface area (TPSA) is 104 Å². The van der Waals surface area contributed by atoms with Crippen molar-refractivity contribution < 1.29 is 28.6 Å². The van der Waals surface area contributed by atoms with Crippen molar-refractivity contribution in [3.05, 3.63) is 46.8 Å². The summed E-state index contributed by atoms with van der Waals surface area (Å²) >= 11 is 0. The van der Waals surface area contributed by atoms with Gasteiger partial charge in [-0.2, -0.15) is 5.26 Å². The van der Waals surface area contributed by atoms with Gasteiger partial charge in [-0.3, -0.25) is 4.79 Å². The zero-order valence-corrected chi connectivity index (χ0v) is 17.0. The van der Waals surface area contributed by atoms with E-state index in [1.807, 2.05) is 6.07 Å². The van der Waals surface area contributed by atoms with Crippen molar-refractivity contribution in [1.29, 1.82) is 5.26 Å². The van der Waals surface area contributed by atoms with Gasteiger partial charge < -0.3 is 24.3 Å². The van der Waals surface area contributed by atoms with Crippen molar-refractivity contribution >= 4 is 11.6 Å². The van der Waals surface area contributed by atoms with Crippen molar-refractivity contribution in [3.63, 3.8) is 0 Å². The Kier molecular flexibility index (Phi) is 5.48. The lowest BCUT2D eigenvalue weighted by molar-refractivity contribution is 0.0675. The number of hydrogen-bond acceptors (Lipinski definition) is 7. The summed E-state index contributed by atoms with van der Waals surface area (Å²) in [5, 5.41) is 22.9. The Hall–Kier alpha value is -3.64. The maximum Gasteiger partial charge on any atom is 0.258 e. The molecule has 0 bridgehead atoms. The molecule has 2 heterocycles. The summed E-state index contributed by atoms with van der Waals surface area (Å²) in [6.07, 6.45) is 0.416. The lowest BCUT2D eigenvalue weighted by Gasteiger charge is -2.23.